The zero-order valence-corrected chi connectivity index (χ0v) is 15.3. The number of ether oxygens (including phenoxy) is 2. The molecular weight excluding hydrogens is 338 g/mol. The van der Waals surface area contributed by atoms with Crippen molar-refractivity contribution in [2.24, 2.45) is 5.92 Å². The molecule has 0 N–H and O–H groups in total. The van der Waals surface area contributed by atoms with E-state index in [0.717, 1.165) is 45.7 Å². The zero-order valence-electron chi connectivity index (χ0n) is 15.3. The molecule has 136 valence electrons. The first kappa shape index (κ1) is 16.1. The van der Waals surface area contributed by atoms with Crippen molar-refractivity contribution < 1.29 is 9.47 Å². The van der Waals surface area contributed by atoms with Gasteiger partial charge in [0, 0.05) is 11.6 Å². The molecule has 5 rings (SSSR count). The quantitative estimate of drug-likeness (QED) is 0.515. The molecular formula is C22H21N3O2. The smallest absolute Gasteiger partial charge is 0.226 e. The van der Waals surface area contributed by atoms with Crippen LogP contribution in [0.4, 0.5) is 0 Å². The Morgan fingerprint density at radius 3 is 2.59 bits per heavy atom. The van der Waals surface area contributed by atoms with Crippen molar-refractivity contribution in [3.05, 3.63) is 54.7 Å². The highest BCUT2D eigenvalue weighted by Gasteiger charge is 2.22. The van der Waals surface area contributed by atoms with Gasteiger partial charge in [0.15, 0.2) is 0 Å². The van der Waals surface area contributed by atoms with Gasteiger partial charge in [0.05, 0.1) is 30.3 Å². The molecule has 1 fully saturated rings. The summed E-state index contributed by atoms with van der Waals surface area (Å²) in [6, 6.07) is 16.0. The molecule has 0 unspecified atom stereocenters. The fourth-order valence-corrected chi connectivity index (χ4v) is 3.54. The van der Waals surface area contributed by atoms with E-state index in [1.807, 2.05) is 53.3 Å². The second-order valence-electron chi connectivity index (χ2n) is 7.06. The van der Waals surface area contributed by atoms with E-state index in [1.54, 1.807) is 7.11 Å². The molecule has 0 bridgehead atoms. The molecule has 1 aliphatic carbocycles. The Morgan fingerprint density at radius 2 is 1.85 bits per heavy atom. The van der Waals surface area contributed by atoms with Crippen molar-refractivity contribution in [3.8, 4) is 17.3 Å². The predicted octanol–water partition coefficient (Wildman–Crippen LogP) is 4.76. The molecule has 0 amide bonds. The first-order chi connectivity index (χ1) is 13.3. The van der Waals surface area contributed by atoms with Crippen molar-refractivity contribution in [1.29, 1.82) is 0 Å². The summed E-state index contributed by atoms with van der Waals surface area (Å²) in [5.74, 6) is 2.23. The molecule has 0 aliphatic heterocycles. The summed E-state index contributed by atoms with van der Waals surface area (Å²) < 4.78 is 13.5. The Bertz CT molecular complexity index is 1100. The van der Waals surface area contributed by atoms with E-state index in [2.05, 4.69) is 11.1 Å². The standard InChI is InChI=1S/C22H21N3O2/c1-26-17-11-9-16(10-12-17)25-22(27-14-15-5-4-6-15)19-13-23-20-8-3-2-7-18(20)21(19)24-25/h2-3,7-13,15H,4-6,14H2,1H3. The van der Waals surface area contributed by atoms with Crippen LogP contribution in [0.3, 0.4) is 0 Å². The van der Waals surface area contributed by atoms with Crippen molar-refractivity contribution in [3.63, 3.8) is 0 Å². The lowest BCUT2D eigenvalue weighted by Crippen LogP contribution is -2.20. The van der Waals surface area contributed by atoms with E-state index in [9.17, 15) is 0 Å². The fraction of sp³-hybridized carbons (Fsp3) is 0.273. The number of pyridine rings is 1. The first-order valence-corrected chi connectivity index (χ1v) is 9.37. The normalized spacial score (nSPS) is 14.4. The summed E-state index contributed by atoms with van der Waals surface area (Å²) in [4.78, 5) is 4.61. The van der Waals surface area contributed by atoms with Crippen LogP contribution in [0.1, 0.15) is 19.3 Å². The van der Waals surface area contributed by atoms with Gasteiger partial charge in [-0.25, -0.2) is 0 Å². The topological polar surface area (TPSA) is 49.2 Å². The van der Waals surface area contributed by atoms with Gasteiger partial charge >= 0.3 is 0 Å². The number of nitrogens with zero attached hydrogens (tertiary/aromatic N) is 3. The maximum absolute atomic E-state index is 6.28. The van der Waals surface area contributed by atoms with Crippen LogP contribution in [0.5, 0.6) is 11.6 Å². The molecule has 2 aromatic heterocycles. The summed E-state index contributed by atoms with van der Waals surface area (Å²) in [6.07, 6.45) is 5.67. The molecule has 0 saturated heterocycles. The molecule has 0 radical (unpaired) electrons. The summed E-state index contributed by atoms with van der Waals surface area (Å²) in [7, 11) is 1.67. The van der Waals surface area contributed by atoms with E-state index < -0.39 is 0 Å². The van der Waals surface area contributed by atoms with Crippen molar-refractivity contribution in [1.82, 2.24) is 14.8 Å². The molecule has 2 aromatic carbocycles. The highest BCUT2D eigenvalue weighted by molar-refractivity contribution is 6.05. The third kappa shape index (κ3) is 2.79. The SMILES string of the molecule is COc1ccc(-n2nc3c(cnc4ccccc43)c2OCC2CCC2)cc1. The van der Waals surface area contributed by atoms with E-state index >= 15 is 0 Å². The highest BCUT2D eigenvalue weighted by atomic mass is 16.5. The van der Waals surface area contributed by atoms with Crippen LogP contribution in [0.15, 0.2) is 54.7 Å². The van der Waals surface area contributed by atoms with Gasteiger partial charge in [-0.1, -0.05) is 24.6 Å². The van der Waals surface area contributed by atoms with Crippen LogP contribution in [-0.2, 0) is 0 Å². The number of methoxy groups -OCH3 is 1. The van der Waals surface area contributed by atoms with Gasteiger partial charge in [-0.15, -0.1) is 0 Å². The van der Waals surface area contributed by atoms with Gasteiger partial charge in [0.1, 0.15) is 11.3 Å². The highest BCUT2D eigenvalue weighted by Crippen LogP contribution is 2.34. The maximum atomic E-state index is 6.28. The Balaban J connectivity index is 1.67. The first-order valence-electron chi connectivity index (χ1n) is 9.37. The summed E-state index contributed by atoms with van der Waals surface area (Å²) in [5.41, 5.74) is 2.80. The van der Waals surface area contributed by atoms with E-state index in [-0.39, 0.29) is 0 Å². The van der Waals surface area contributed by atoms with Crippen LogP contribution >= 0.6 is 0 Å². The molecule has 4 aromatic rings. The Labute approximate surface area is 157 Å². The maximum Gasteiger partial charge on any atom is 0.226 e. The van der Waals surface area contributed by atoms with Crippen LogP contribution in [0.25, 0.3) is 27.5 Å². The molecule has 1 aliphatic rings. The second kappa shape index (κ2) is 6.58. The molecule has 2 heterocycles. The number of rotatable bonds is 5. The average Bonchev–Trinajstić information content (AvgIpc) is 3.06. The monoisotopic (exact) mass is 359 g/mol. The Hall–Kier alpha value is -3.08. The van der Waals surface area contributed by atoms with Gasteiger partial charge in [-0.3, -0.25) is 4.98 Å². The van der Waals surface area contributed by atoms with Gasteiger partial charge in [0.25, 0.3) is 0 Å². The predicted molar refractivity (Wildman–Crippen MR) is 106 cm³/mol. The summed E-state index contributed by atoms with van der Waals surface area (Å²) >= 11 is 0. The minimum atomic E-state index is 0.646. The number of benzene rings is 2. The summed E-state index contributed by atoms with van der Waals surface area (Å²) in [5, 5.41) is 6.88. The molecule has 5 heteroatoms. The third-order valence-corrected chi connectivity index (χ3v) is 5.37. The van der Waals surface area contributed by atoms with E-state index in [0.29, 0.717) is 5.92 Å². The van der Waals surface area contributed by atoms with Crippen molar-refractivity contribution >= 4 is 21.8 Å². The minimum absolute atomic E-state index is 0.646. The number of para-hydroxylation sites is 1. The third-order valence-electron chi connectivity index (χ3n) is 5.37. The largest absolute Gasteiger partial charge is 0.497 e. The van der Waals surface area contributed by atoms with Gasteiger partial charge < -0.3 is 9.47 Å². The average molecular weight is 359 g/mol. The fourth-order valence-electron chi connectivity index (χ4n) is 3.54. The van der Waals surface area contributed by atoms with Crippen molar-refractivity contribution in [2.45, 2.75) is 19.3 Å². The lowest BCUT2D eigenvalue weighted by atomic mass is 9.86. The number of hydrogen-bond acceptors (Lipinski definition) is 4. The Morgan fingerprint density at radius 1 is 1.04 bits per heavy atom. The van der Waals surface area contributed by atoms with E-state index in [1.165, 1.54) is 19.3 Å². The lowest BCUT2D eigenvalue weighted by Gasteiger charge is -2.25. The molecule has 0 spiro atoms. The molecule has 1 saturated carbocycles. The van der Waals surface area contributed by atoms with Crippen molar-refractivity contribution in [2.75, 3.05) is 13.7 Å². The van der Waals surface area contributed by atoms with Crippen LogP contribution in [0.2, 0.25) is 0 Å². The van der Waals surface area contributed by atoms with Crippen LogP contribution in [0, 0.1) is 5.92 Å². The second-order valence-corrected chi connectivity index (χ2v) is 7.06. The zero-order chi connectivity index (χ0) is 18.2. The van der Waals surface area contributed by atoms with E-state index in [4.69, 9.17) is 14.6 Å². The van der Waals surface area contributed by atoms with Gasteiger partial charge in [-0.2, -0.15) is 9.78 Å². The van der Waals surface area contributed by atoms with Gasteiger partial charge in [0.2, 0.25) is 5.88 Å². The van der Waals surface area contributed by atoms with Crippen LogP contribution in [-0.4, -0.2) is 28.5 Å². The molecule has 0 atom stereocenters. The Kier molecular flexibility index (Phi) is 3.93. The molecule has 27 heavy (non-hydrogen) atoms. The minimum Gasteiger partial charge on any atom is -0.497 e. The number of aromatic nitrogens is 3. The molecule has 5 nitrogen and oxygen atoms in total. The number of hydrogen-bond donors (Lipinski definition) is 0. The lowest BCUT2D eigenvalue weighted by molar-refractivity contribution is 0.174. The van der Waals surface area contributed by atoms with Crippen LogP contribution < -0.4 is 9.47 Å². The summed E-state index contributed by atoms with van der Waals surface area (Å²) in [6.45, 7) is 0.726. The number of fused-ring (bicyclic) bond motifs is 3. The van der Waals surface area contributed by atoms with Gasteiger partial charge in [-0.05, 0) is 49.1 Å².